The standard InChI is InChI=1S/C20H27N3O3S.ClH/c1-2-27(25,26)23-11-9-16(10-12-23)20(24)22-19(14-21)18-8-7-15-5-3-4-6-17(15)13-18;/h3-8,13,16,19H,2,9-12,14,21H2,1H3,(H,22,24);1H. The van der Waals surface area contributed by atoms with E-state index >= 15 is 0 Å². The summed E-state index contributed by atoms with van der Waals surface area (Å²) in [6.45, 7) is 2.76. The van der Waals surface area contributed by atoms with Crippen molar-refractivity contribution in [3.05, 3.63) is 48.0 Å². The largest absolute Gasteiger partial charge is 0.348 e. The van der Waals surface area contributed by atoms with Crippen molar-refractivity contribution in [2.45, 2.75) is 25.8 Å². The van der Waals surface area contributed by atoms with Crippen molar-refractivity contribution in [2.75, 3.05) is 25.4 Å². The van der Waals surface area contributed by atoms with Crippen LogP contribution in [0.15, 0.2) is 42.5 Å². The van der Waals surface area contributed by atoms with Gasteiger partial charge in [-0.2, -0.15) is 0 Å². The SMILES string of the molecule is CCS(=O)(=O)N1CCC(C(=O)NC(CN)c2ccc3ccccc3c2)CC1.Cl. The van der Waals surface area contributed by atoms with Gasteiger partial charge in [-0.05, 0) is 42.2 Å². The Kier molecular flexibility index (Phi) is 7.83. The first kappa shape index (κ1) is 22.6. The summed E-state index contributed by atoms with van der Waals surface area (Å²) in [6.07, 6.45) is 1.08. The molecule has 8 heteroatoms. The highest BCUT2D eigenvalue weighted by Crippen LogP contribution is 2.23. The van der Waals surface area contributed by atoms with Gasteiger partial charge in [-0.1, -0.05) is 36.4 Å². The minimum Gasteiger partial charge on any atom is -0.348 e. The van der Waals surface area contributed by atoms with E-state index in [0.29, 0.717) is 32.5 Å². The van der Waals surface area contributed by atoms with Gasteiger partial charge in [0.25, 0.3) is 0 Å². The molecule has 1 amide bonds. The summed E-state index contributed by atoms with van der Waals surface area (Å²) in [4.78, 5) is 12.7. The highest BCUT2D eigenvalue weighted by molar-refractivity contribution is 7.89. The molecule has 3 N–H and O–H groups in total. The molecule has 154 valence electrons. The fourth-order valence-electron chi connectivity index (χ4n) is 3.57. The summed E-state index contributed by atoms with van der Waals surface area (Å²) >= 11 is 0. The Balaban J connectivity index is 0.00000280. The van der Waals surface area contributed by atoms with Crippen LogP contribution in [0.3, 0.4) is 0 Å². The van der Waals surface area contributed by atoms with Gasteiger partial charge in [-0.25, -0.2) is 12.7 Å². The summed E-state index contributed by atoms with van der Waals surface area (Å²) in [6, 6.07) is 13.9. The number of carbonyl (C=O) groups is 1. The molecule has 0 aliphatic carbocycles. The van der Waals surface area contributed by atoms with Crippen LogP contribution in [-0.4, -0.2) is 44.0 Å². The number of carbonyl (C=O) groups excluding carboxylic acids is 1. The maximum atomic E-state index is 12.7. The van der Waals surface area contributed by atoms with Crippen LogP contribution in [0.25, 0.3) is 10.8 Å². The van der Waals surface area contributed by atoms with E-state index in [2.05, 4.69) is 11.4 Å². The number of rotatable bonds is 6. The average molecular weight is 426 g/mol. The van der Waals surface area contributed by atoms with Gasteiger partial charge in [-0.15, -0.1) is 12.4 Å². The van der Waals surface area contributed by atoms with Gasteiger partial charge < -0.3 is 11.1 Å². The molecule has 2 aromatic carbocycles. The molecule has 2 aromatic rings. The van der Waals surface area contributed by atoms with Crippen molar-refractivity contribution in [1.82, 2.24) is 9.62 Å². The zero-order valence-electron chi connectivity index (χ0n) is 16.0. The Morgan fingerprint density at radius 1 is 1.18 bits per heavy atom. The number of amides is 1. The van der Waals surface area contributed by atoms with E-state index in [1.807, 2.05) is 36.4 Å². The molecule has 0 aromatic heterocycles. The molecule has 1 fully saturated rings. The Labute approximate surface area is 172 Å². The molecule has 3 rings (SSSR count). The Hall–Kier alpha value is -1.67. The van der Waals surface area contributed by atoms with Gasteiger partial charge in [0.05, 0.1) is 11.8 Å². The molecule has 1 aliphatic heterocycles. The Bertz CT molecular complexity index is 912. The zero-order valence-corrected chi connectivity index (χ0v) is 17.6. The maximum absolute atomic E-state index is 12.7. The number of halogens is 1. The van der Waals surface area contributed by atoms with Crippen molar-refractivity contribution in [2.24, 2.45) is 11.7 Å². The lowest BCUT2D eigenvalue weighted by Crippen LogP contribution is -2.44. The third-order valence-corrected chi connectivity index (χ3v) is 7.19. The summed E-state index contributed by atoms with van der Waals surface area (Å²) in [5.41, 5.74) is 6.90. The molecule has 1 heterocycles. The first-order valence-corrected chi connectivity index (χ1v) is 11.0. The Morgan fingerprint density at radius 2 is 1.82 bits per heavy atom. The summed E-state index contributed by atoms with van der Waals surface area (Å²) < 4.78 is 25.4. The molecule has 28 heavy (non-hydrogen) atoms. The van der Waals surface area contributed by atoms with Crippen molar-refractivity contribution < 1.29 is 13.2 Å². The summed E-state index contributed by atoms with van der Waals surface area (Å²) in [5.74, 6) is -0.129. The van der Waals surface area contributed by atoms with Crippen LogP contribution in [0.4, 0.5) is 0 Å². The molecule has 6 nitrogen and oxygen atoms in total. The summed E-state index contributed by atoms with van der Waals surface area (Å²) in [5, 5.41) is 5.31. The van der Waals surface area contributed by atoms with Crippen LogP contribution < -0.4 is 11.1 Å². The van der Waals surface area contributed by atoms with Crippen LogP contribution in [0.1, 0.15) is 31.4 Å². The fraction of sp³-hybridized carbons (Fsp3) is 0.450. The van der Waals surface area contributed by atoms with Gasteiger partial charge in [0, 0.05) is 25.6 Å². The second-order valence-electron chi connectivity index (χ2n) is 6.98. The second kappa shape index (κ2) is 9.69. The maximum Gasteiger partial charge on any atom is 0.223 e. The van der Waals surface area contributed by atoms with Crippen molar-refractivity contribution in [3.63, 3.8) is 0 Å². The van der Waals surface area contributed by atoms with E-state index in [9.17, 15) is 13.2 Å². The molecule has 1 aliphatic rings. The number of nitrogens with one attached hydrogen (secondary N) is 1. The van der Waals surface area contributed by atoms with Gasteiger partial charge in [0.1, 0.15) is 0 Å². The van der Waals surface area contributed by atoms with Gasteiger partial charge in [0.15, 0.2) is 0 Å². The molecule has 0 spiro atoms. The van der Waals surface area contributed by atoms with Gasteiger partial charge in [0.2, 0.25) is 15.9 Å². The molecular weight excluding hydrogens is 398 g/mol. The number of benzene rings is 2. The minimum absolute atomic E-state index is 0. The number of sulfonamides is 1. The lowest BCUT2D eigenvalue weighted by atomic mass is 9.95. The monoisotopic (exact) mass is 425 g/mol. The first-order valence-electron chi connectivity index (χ1n) is 9.41. The lowest BCUT2D eigenvalue weighted by molar-refractivity contribution is -0.126. The highest BCUT2D eigenvalue weighted by Gasteiger charge is 2.31. The highest BCUT2D eigenvalue weighted by atomic mass is 35.5. The molecule has 1 saturated heterocycles. The molecule has 0 radical (unpaired) electrons. The smallest absolute Gasteiger partial charge is 0.223 e. The fourth-order valence-corrected chi connectivity index (χ4v) is 4.70. The van der Waals surface area contributed by atoms with Crippen LogP contribution in [0, 0.1) is 5.92 Å². The normalized spacial score (nSPS) is 17.1. The average Bonchev–Trinajstić information content (AvgIpc) is 2.71. The number of nitrogens with two attached hydrogens (primary N) is 1. The van der Waals surface area contributed by atoms with E-state index in [0.717, 1.165) is 16.3 Å². The predicted molar refractivity (Wildman–Crippen MR) is 115 cm³/mol. The number of piperidine rings is 1. The number of hydrogen-bond donors (Lipinski definition) is 2. The van der Waals surface area contributed by atoms with Crippen LogP contribution in [0.2, 0.25) is 0 Å². The third kappa shape index (κ3) is 5.03. The Morgan fingerprint density at radius 3 is 2.43 bits per heavy atom. The minimum atomic E-state index is -3.18. The first-order chi connectivity index (χ1) is 12.9. The van der Waals surface area contributed by atoms with Crippen molar-refractivity contribution >= 4 is 39.1 Å². The van der Waals surface area contributed by atoms with E-state index in [1.165, 1.54) is 4.31 Å². The molecule has 0 saturated carbocycles. The number of fused-ring (bicyclic) bond motifs is 1. The van der Waals surface area contributed by atoms with E-state index in [-0.39, 0.29) is 36.0 Å². The zero-order chi connectivity index (χ0) is 19.4. The quantitative estimate of drug-likeness (QED) is 0.743. The van der Waals surface area contributed by atoms with E-state index < -0.39 is 10.0 Å². The third-order valence-electron chi connectivity index (χ3n) is 5.31. The number of nitrogens with zero attached hydrogens (tertiary/aromatic N) is 1. The van der Waals surface area contributed by atoms with Crippen LogP contribution in [0.5, 0.6) is 0 Å². The molecule has 1 unspecified atom stereocenters. The molecular formula is C20H28ClN3O3S. The lowest BCUT2D eigenvalue weighted by Gasteiger charge is -2.31. The van der Waals surface area contributed by atoms with Crippen LogP contribution in [-0.2, 0) is 14.8 Å². The van der Waals surface area contributed by atoms with E-state index in [4.69, 9.17) is 5.73 Å². The van der Waals surface area contributed by atoms with Gasteiger partial charge in [-0.3, -0.25) is 4.79 Å². The van der Waals surface area contributed by atoms with Crippen LogP contribution >= 0.6 is 12.4 Å². The topological polar surface area (TPSA) is 92.5 Å². The van der Waals surface area contributed by atoms with E-state index in [1.54, 1.807) is 6.92 Å². The van der Waals surface area contributed by atoms with Crippen molar-refractivity contribution in [1.29, 1.82) is 0 Å². The predicted octanol–water partition coefficient (Wildman–Crippen LogP) is 2.44. The molecule has 1 atom stereocenters. The molecule has 0 bridgehead atoms. The van der Waals surface area contributed by atoms with Crippen molar-refractivity contribution in [3.8, 4) is 0 Å². The second-order valence-corrected chi connectivity index (χ2v) is 9.23. The number of hydrogen-bond acceptors (Lipinski definition) is 4. The summed E-state index contributed by atoms with van der Waals surface area (Å²) in [7, 11) is -3.18. The van der Waals surface area contributed by atoms with Gasteiger partial charge >= 0.3 is 0 Å².